The summed E-state index contributed by atoms with van der Waals surface area (Å²) in [6, 6.07) is 17.1. The molecule has 5 heteroatoms. The summed E-state index contributed by atoms with van der Waals surface area (Å²) in [6.07, 6.45) is 0.679. The molecule has 0 aliphatic carbocycles. The molecule has 0 aliphatic heterocycles. The number of para-hydroxylation sites is 1. The van der Waals surface area contributed by atoms with Gasteiger partial charge in [-0.1, -0.05) is 36.3 Å². The average molecular weight is 306 g/mol. The van der Waals surface area contributed by atoms with Crippen LogP contribution in [0.15, 0.2) is 63.9 Å². The van der Waals surface area contributed by atoms with Crippen molar-refractivity contribution in [1.82, 2.24) is 9.56 Å². The molecule has 2 aromatic heterocycles. The van der Waals surface area contributed by atoms with Crippen LogP contribution in [-0.2, 0) is 6.42 Å². The third-order valence-corrected chi connectivity index (χ3v) is 3.82. The van der Waals surface area contributed by atoms with Crippen molar-refractivity contribution in [2.24, 2.45) is 0 Å². The van der Waals surface area contributed by atoms with Crippen LogP contribution in [0.5, 0.6) is 11.5 Å². The number of rotatable bonds is 3. The fourth-order valence-electron chi connectivity index (χ4n) is 2.74. The highest BCUT2D eigenvalue weighted by atomic mass is 16.5. The molecule has 4 aromatic rings. The molecule has 0 amide bonds. The molecular formula is C18H14N2O3. The fourth-order valence-corrected chi connectivity index (χ4v) is 2.74. The maximum atomic E-state index is 12.1. The fraction of sp³-hybridized carbons (Fsp3) is 0.111. The van der Waals surface area contributed by atoms with Gasteiger partial charge in [0.2, 0.25) is 0 Å². The molecule has 0 bridgehead atoms. The van der Waals surface area contributed by atoms with Crippen LogP contribution < -0.4 is 10.5 Å². The van der Waals surface area contributed by atoms with E-state index in [-0.39, 0.29) is 0 Å². The van der Waals surface area contributed by atoms with Gasteiger partial charge in [0.05, 0.1) is 11.0 Å². The van der Waals surface area contributed by atoms with Gasteiger partial charge in [-0.25, -0.2) is 9.20 Å². The van der Waals surface area contributed by atoms with Gasteiger partial charge in [0, 0.05) is 5.39 Å². The maximum absolute atomic E-state index is 12.1. The summed E-state index contributed by atoms with van der Waals surface area (Å²) in [5.41, 5.74) is 2.24. The third-order valence-electron chi connectivity index (χ3n) is 3.82. The van der Waals surface area contributed by atoms with E-state index in [0.29, 0.717) is 12.2 Å². The van der Waals surface area contributed by atoms with Crippen LogP contribution in [0.3, 0.4) is 0 Å². The molecule has 5 nitrogen and oxygen atoms in total. The van der Waals surface area contributed by atoms with Gasteiger partial charge in [-0.3, -0.25) is 4.52 Å². The highest BCUT2D eigenvalue weighted by molar-refractivity contribution is 5.92. The third kappa shape index (κ3) is 2.17. The number of hydrogen-bond acceptors (Lipinski definition) is 4. The van der Waals surface area contributed by atoms with Crippen molar-refractivity contribution in [1.29, 1.82) is 0 Å². The zero-order chi connectivity index (χ0) is 15.8. The Kier molecular flexibility index (Phi) is 3.12. The normalized spacial score (nSPS) is 11.2. The predicted octanol–water partition coefficient (Wildman–Crippen LogP) is 3.80. The second kappa shape index (κ2) is 5.28. The van der Waals surface area contributed by atoms with Gasteiger partial charge < -0.3 is 4.74 Å². The minimum Gasteiger partial charge on any atom is -0.457 e. The summed E-state index contributed by atoms with van der Waals surface area (Å²) in [7, 11) is 0. The first-order valence-corrected chi connectivity index (χ1v) is 7.44. The Balaban J connectivity index is 1.99. The van der Waals surface area contributed by atoms with Crippen molar-refractivity contribution in [2.75, 3.05) is 0 Å². The van der Waals surface area contributed by atoms with Crippen LogP contribution in [0.4, 0.5) is 0 Å². The molecule has 0 N–H and O–H groups in total. The van der Waals surface area contributed by atoms with Crippen molar-refractivity contribution in [2.45, 2.75) is 13.3 Å². The molecule has 0 unspecified atom stereocenters. The van der Waals surface area contributed by atoms with Crippen molar-refractivity contribution in [3.8, 4) is 11.5 Å². The first-order valence-electron chi connectivity index (χ1n) is 7.44. The standard InChI is InChI=1S/C18H14N2O3/c1-2-14-16-11-13-15(20(16)18(21)23-19-14)9-6-10-17(13)22-12-7-4-3-5-8-12/h3-11H,2H2,1H3. The van der Waals surface area contributed by atoms with Crippen LogP contribution in [-0.4, -0.2) is 9.56 Å². The molecule has 23 heavy (non-hydrogen) atoms. The summed E-state index contributed by atoms with van der Waals surface area (Å²) >= 11 is 0. The molecule has 0 fully saturated rings. The van der Waals surface area contributed by atoms with Gasteiger partial charge in [0.15, 0.2) is 0 Å². The Morgan fingerprint density at radius 3 is 2.70 bits per heavy atom. The number of nitrogens with zero attached hydrogens (tertiary/aromatic N) is 2. The van der Waals surface area contributed by atoms with Gasteiger partial charge in [0.25, 0.3) is 0 Å². The lowest BCUT2D eigenvalue weighted by Crippen LogP contribution is -2.13. The Bertz CT molecular complexity index is 1050. The lowest BCUT2D eigenvalue weighted by atomic mass is 10.2. The molecule has 2 heterocycles. The second-order valence-electron chi connectivity index (χ2n) is 5.22. The molecule has 0 saturated carbocycles. The highest BCUT2D eigenvalue weighted by Gasteiger charge is 2.14. The van der Waals surface area contributed by atoms with Crippen molar-refractivity contribution in [3.05, 3.63) is 70.8 Å². The van der Waals surface area contributed by atoms with Crippen LogP contribution in [0, 0.1) is 0 Å². The van der Waals surface area contributed by atoms with Crippen molar-refractivity contribution >= 4 is 16.4 Å². The minimum atomic E-state index is -0.496. The van der Waals surface area contributed by atoms with Gasteiger partial charge >= 0.3 is 5.76 Å². The zero-order valence-electron chi connectivity index (χ0n) is 12.5. The second-order valence-corrected chi connectivity index (χ2v) is 5.22. The summed E-state index contributed by atoms with van der Waals surface area (Å²) in [4.78, 5) is 12.1. The van der Waals surface area contributed by atoms with Gasteiger partial charge in [-0.2, -0.15) is 0 Å². The van der Waals surface area contributed by atoms with E-state index in [0.717, 1.165) is 27.9 Å². The van der Waals surface area contributed by atoms with E-state index in [4.69, 9.17) is 9.26 Å². The molecule has 0 aliphatic rings. The van der Waals surface area contributed by atoms with E-state index in [2.05, 4.69) is 5.16 Å². The number of aromatic nitrogens is 2. The molecular weight excluding hydrogens is 292 g/mol. The maximum Gasteiger partial charge on any atom is 0.445 e. The molecule has 2 aromatic carbocycles. The Morgan fingerprint density at radius 1 is 1.09 bits per heavy atom. The van der Waals surface area contributed by atoms with E-state index in [1.807, 2.05) is 61.5 Å². The zero-order valence-corrected chi connectivity index (χ0v) is 12.5. The van der Waals surface area contributed by atoms with E-state index >= 15 is 0 Å². The number of benzene rings is 2. The lowest BCUT2D eigenvalue weighted by molar-refractivity contribution is 0.340. The van der Waals surface area contributed by atoms with Crippen LogP contribution >= 0.6 is 0 Å². The first kappa shape index (κ1) is 13.6. The van der Waals surface area contributed by atoms with E-state index in [9.17, 15) is 4.79 Å². The van der Waals surface area contributed by atoms with Gasteiger partial charge in [-0.05, 0) is 36.8 Å². The number of aryl methyl sites for hydroxylation is 1. The molecule has 0 spiro atoms. The van der Waals surface area contributed by atoms with Gasteiger partial charge in [-0.15, -0.1) is 0 Å². The first-order chi connectivity index (χ1) is 11.3. The lowest BCUT2D eigenvalue weighted by Gasteiger charge is -2.06. The Hall–Kier alpha value is -3.08. The smallest absolute Gasteiger partial charge is 0.445 e. The van der Waals surface area contributed by atoms with Gasteiger partial charge in [0.1, 0.15) is 17.2 Å². The topological polar surface area (TPSA) is 56.7 Å². The number of hydrogen-bond donors (Lipinski definition) is 0. The predicted molar refractivity (Wildman–Crippen MR) is 87.1 cm³/mol. The molecule has 114 valence electrons. The summed E-state index contributed by atoms with van der Waals surface area (Å²) in [5, 5.41) is 4.74. The van der Waals surface area contributed by atoms with Crippen LogP contribution in [0.1, 0.15) is 12.6 Å². The molecule has 0 saturated heterocycles. The summed E-state index contributed by atoms with van der Waals surface area (Å²) < 4.78 is 12.4. The average Bonchev–Trinajstić information content (AvgIpc) is 2.98. The monoisotopic (exact) mass is 306 g/mol. The molecule has 0 radical (unpaired) electrons. The Morgan fingerprint density at radius 2 is 1.91 bits per heavy atom. The number of fused-ring (bicyclic) bond motifs is 3. The number of ether oxygens (including phenoxy) is 1. The van der Waals surface area contributed by atoms with Crippen LogP contribution in [0.2, 0.25) is 0 Å². The van der Waals surface area contributed by atoms with Crippen molar-refractivity contribution < 1.29 is 9.26 Å². The summed E-state index contributed by atoms with van der Waals surface area (Å²) in [6.45, 7) is 1.97. The highest BCUT2D eigenvalue weighted by Crippen LogP contribution is 2.32. The summed E-state index contributed by atoms with van der Waals surface area (Å²) in [5.74, 6) is 0.944. The largest absolute Gasteiger partial charge is 0.457 e. The molecule has 4 rings (SSSR count). The van der Waals surface area contributed by atoms with E-state index in [1.165, 1.54) is 0 Å². The Labute approximate surface area is 131 Å². The van der Waals surface area contributed by atoms with Crippen LogP contribution in [0.25, 0.3) is 16.4 Å². The minimum absolute atomic E-state index is 0.496. The SMILES string of the molecule is CCc1noc(=O)n2c1cc1c(Oc3ccccc3)cccc12. The van der Waals surface area contributed by atoms with E-state index < -0.39 is 5.76 Å². The van der Waals surface area contributed by atoms with E-state index in [1.54, 1.807) is 4.40 Å². The quantitative estimate of drug-likeness (QED) is 0.578. The molecule has 0 atom stereocenters. The van der Waals surface area contributed by atoms with Crippen molar-refractivity contribution in [3.63, 3.8) is 0 Å².